The average Bonchev–Trinajstić information content (AvgIpc) is 2.67. The third-order valence-corrected chi connectivity index (χ3v) is 4.56. The number of nitrogens with zero attached hydrogens (tertiary/aromatic N) is 5. The van der Waals surface area contributed by atoms with E-state index in [1.165, 1.54) is 19.2 Å². The number of aromatic nitrogens is 2. The molecule has 1 aromatic heterocycles. The summed E-state index contributed by atoms with van der Waals surface area (Å²) < 4.78 is 18.8. The minimum absolute atomic E-state index is 0.132. The molecule has 1 saturated heterocycles. The highest BCUT2D eigenvalue weighted by atomic mass is 19.1. The molecule has 2 aromatic rings. The molecule has 1 aliphatic rings. The van der Waals surface area contributed by atoms with Gasteiger partial charge in [0.2, 0.25) is 0 Å². The van der Waals surface area contributed by atoms with Gasteiger partial charge in [0, 0.05) is 51.9 Å². The summed E-state index contributed by atoms with van der Waals surface area (Å²) >= 11 is 0. The number of carbonyl (C=O) groups excluding carboxylic acids is 1. The van der Waals surface area contributed by atoms with Crippen LogP contribution in [0.2, 0.25) is 0 Å². The Balaban J connectivity index is 1.68. The van der Waals surface area contributed by atoms with Gasteiger partial charge >= 0.3 is 0 Å². The van der Waals surface area contributed by atoms with Gasteiger partial charge in [-0.15, -0.1) is 0 Å². The quantitative estimate of drug-likeness (QED) is 0.817. The fraction of sp³-hybridized carbons (Fsp3) is 0.421. The van der Waals surface area contributed by atoms with E-state index in [9.17, 15) is 9.18 Å². The van der Waals surface area contributed by atoms with Crippen LogP contribution < -0.4 is 14.5 Å². The van der Waals surface area contributed by atoms with Crippen LogP contribution in [0.3, 0.4) is 0 Å². The number of piperazine rings is 1. The Morgan fingerprint density at radius 3 is 2.44 bits per heavy atom. The van der Waals surface area contributed by atoms with Gasteiger partial charge in [-0.05, 0) is 25.1 Å². The number of rotatable bonds is 4. The van der Waals surface area contributed by atoms with Gasteiger partial charge in [0.25, 0.3) is 5.91 Å². The third kappa shape index (κ3) is 4.10. The standard InChI is InChI=1S/C19H24FN5O2/c1-13-21-17(23(2)3)12-18(22-13)24-7-9-25(10-8-24)19(26)14-5-6-16(27-4)15(20)11-14/h5-6,11-12H,7-10H2,1-4H3. The van der Waals surface area contributed by atoms with E-state index in [-0.39, 0.29) is 11.7 Å². The number of benzene rings is 1. The van der Waals surface area contributed by atoms with Crippen LogP contribution in [0.5, 0.6) is 5.75 Å². The maximum absolute atomic E-state index is 13.9. The third-order valence-electron chi connectivity index (χ3n) is 4.56. The molecule has 0 unspecified atom stereocenters. The maximum atomic E-state index is 13.9. The highest BCUT2D eigenvalue weighted by molar-refractivity contribution is 5.94. The molecule has 0 radical (unpaired) electrons. The molecular formula is C19H24FN5O2. The number of amides is 1. The molecule has 7 nitrogen and oxygen atoms in total. The van der Waals surface area contributed by atoms with Gasteiger partial charge in [-0.1, -0.05) is 0 Å². The molecule has 1 aromatic carbocycles. The summed E-state index contributed by atoms with van der Waals surface area (Å²) in [6.45, 7) is 4.29. The normalized spacial score (nSPS) is 14.3. The van der Waals surface area contributed by atoms with Crippen molar-refractivity contribution >= 4 is 17.5 Å². The van der Waals surface area contributed by atoms with E-state index < -0.39 is 5.82 Å². The molecule has 2 heterocycles. The van der Waals surface area contributed by atoms with E-state index in [0.717, 1.165) is 11.6 Å². The van der Waals surface area contributed by atoms with Gasteiger partial charge in [0.15, 0.2) is 11.6 Å². The SMILES string of the molecule is COc1ccc(C(=O)N2CCN(c3cc(N(C)C)nc(C)n3)CC2)cc1F. The molecule has 1 amide bonds. The number of aryl methyl sites for hydroxylation is 1. The van der Waals surface area contributed by atoms with Gasteiger partial charge in [-0.25, -0.2) is 14.4 Å². The van der Waals surface area contributed by atoms with Crippen LogP contribution >= 0.6 is 0 Å². The highest BCUT2D eigenvalue weighted by Crippen LogP contribution is 2.21. The summed E-state index contributed by atoms with van der Waals surface area (Å²) in [5.74, 6) is 1.84. The molecular weight excluding hydrogens is 349 g/mol. The minimum atomic E-state index is -0.533. The fourth-order valence-electron chi connectivity index (χ4n) is 3.05. The van der Waals surface area contributed by atoms with Crippen molar-refractivity contribution in [3.05, 3.63) is 41.5 Å². The van der Waals surface area contributed by atoms with Gasteiger partial charge < -0.3 is 19.4 Å². The van der Waals surface area contributed by atoms with E-state index >= 15 is 0 Å². The molecule has 27 heavy (non-hydrogen) atoms. The van der Waals surface area contributed by atoms with Crippen LogP contribution in [-0.4, -0.2) is 68.2 Å². The van der Waals surface area contributed by atoms with Crippen LogP contribution in [0.4, 0.5) is 16.0 Å². The smallest absolute Gasteiger partial charge is 0.254 e. The minimum Gasteiger partial charge on any atom is -0.494 e. The first-order valence-electron chi connectivity index (χ1n) is 8.80. The molecule has 8 heteroatoms. The van der Waals surface area contributed by atoms with E-state index in [0.29, 0.717) is 37.6 Å². The first-order valence-corrected chi connectivity index (χ1v) is 8.80. The number of hydrogen-bond acceptors (Lipinski definition) is 6. The van der Waals surface area contributed by atoms with Crippen LogP contribution in [-0.2, 0) is 0 Å². The molecule has 0 atom stereocenters. The zero-order valence-electron chi connectivity index (χ0n) is 16.1. The molecule has 0 saturated carbocycles. The van der Waals surface area contributed by atoms with Gasteiger partial charge in [-0.2, -0.15) is 0 Å². The first-order chi connectivity index (χ1) is 12.9. The molecule has 0 bridgehead atoms. The van der Waals surface area contributed by atoms with Crippen LogP contribution in [0.1, 0.15) is 16.2 Å². The maximum Gasteiger partial charge on any atom is 0.254 e. The highest BCUT2D eigenvalue weighted by Gasteiger charge is 2.24. The Morgan fingerprint density at radius 1 is 1.15 bits per heavy atom. The summed E-state index contributed by atoms with van der Waals surface area (Å²) in [5, 5.41) is 0. The van der Waals surface area contributed by atoms with Crippen molar-refractivity contribution in [2.75, 3.05) is 57.2 Å². The fourth-order valence-corrected chi connectivity index (χ4v) is 3.05. The number of methoxy groups -OCH3 is 1. The summed E-state index contributed by atoms with van der Waals surface area (Å²) in [6, 6.07) is 6.24. The van der Waals surface area contributed by atoms with E-state index in [2.05, 4.69) is 14.9 Å². The van der Waals surface area contributed by atoms with Crippen LogP contribution in [0.25, 0.3) is 0 Å². The second-order valence-corrected chi connectivity index (χ2v) is 6.65. The zero-order chi connectivity index (χ0) is 19.6. The molecule has 1 fully saturated rings. The summed E-state index contributed by atoms with van der Waals surface area (Å²) in [4.78, 5) is 27.4. The van der Waals surface area contributed by atoms with Gasteiger partial charge in [0.1, 0.15) is 17.5 Å². The summed E-state index contributed by atoms with van der Waals surface area (Å²) in [5.41, 5.74) is 0.328. The number of hydrogen-bond donors (Lipinski definition) is 0. The summed E-state index contributed by atoms with van der Waals surface area (Å²) in [6.07, 6.45) is 0. The summed E-state index contributed by atoms with van der Waals surface area (Å²) in [7, 11) is 5.28. The number of ether oxygens (including phenoxy) is 1. The van der Waals surface area contributed by atoms with E-state index in [1.807, 2.05) is 32.0 Å². The van der Waals surface area contributed by atoms with Crippen LogP contribution in [0, 0.1) is 12.7 Å². The Kier molecular flexibility index (Phi) is 5.43. The largest absolute Gasteiger partial charge is 0.494 e. The van der Waals surface area contributed by atoms with Crippen molar-refractivity contribution in [3.8, 4) is 5.75 Å². The lowest BCUT2D eigenvalue weighted by Crippen LogP contribution is -2.49. The average molecular weight is 373 g/mol. The molecule has 0 N–H and O–H groups in total. The Hall–Kier alpha value is -2.90. The zero-order valence-corrected chi connectivity index (χ0v) is 16.1. The van der Waals surface area contributed by atoms with Crippen molar-refractivity contribution in [3.63, 3.8) is 0 Å². The molecule has 144 valence electrons. The molecule has 3 rings (SSSR count). The lowest BCUT2D eigenvalue weighted by Gasteiger charge is -2.35. The Bertz CT molecular complexity index is 835. The lowest BCUT2D eigenvalue weighted by molar-refractivity contribution is 0.0746. The van der Waals surface area contributed by atoms with Crippen molar-refractivity contribution in [2.45, 2.75) is 6.92 Å². The van der Waals surface area contributed by atoms with Crippen molar-refractivity contribution in [1.82, 2.24) is 14.9 Å². The van der Waals surface area contributed by atoms with Crippen molar-refractivity contribution < 1.29 is 13.9 Å². The van der Waals surface area contributed by atoms with Crippen molar-refractivity contribution in [1.29, 1.82) is 0 Å². The molecule has 0 spiro atoms. The topological polar surface area (TPSA) is 61.8 Å². The first kappa shape index (κ1) is 18.9. The monoisotopic (exact) mass is 373 g/mol. The predicted molar refractivity (Wildman–Crippen MR) is 102 cm³/mol. The second kappa shape index (κ2) is 7.77. The molecule has 0 aliphatic carbocycles. The number of carbonyl (C=O) groups is 1. The Labute approximate surface area is 158 Å². The van der Waals surface area contributed by atoms with Gasteiger partial charge in [0.05, 0.1) is 7.11 Å². The van der Waals surface area contributed by atoms with Crippen molar-refractivity contribution in [2.24, 2.45) is 0 Å². The Morgan fingerprint density at radius 2 is 1.85 bits per heavy atom. The number of anilines is 2. The predicted octanol–water partition coefficient (Wildman–Crippen LogP) is 1.96. The number of halogens is 1. The molecule has 1 aliphatic heterocycles. The van der Waals surface area contributed by atoms with Gasteiger partial charge in [-0.3, -0.25) is 4.79 Å². The van der Waals surface area contributed by atoms with E-state index in [4.69, 9.17) is 4.74 Å². The second-order valence-electron chi connectivity index (χ2n) is 6.65. The van der Waals surface area contributed by atoms with E-state index in [1.54, 1.807) is 11.0 Å². The van der Waals surface area contributed by atoms with Crippen LogP contribution in [0.15, 0.2) is 24.3 Å². The lowest BCUT2D eigenvalue weighted by atomic mass is 10.1.